The molecule has 15 nitrogen and oxygen atoms in total. The molecule has 4 aliphatic rings. The van der Waals surface area contributed by atoms with E-state index in [0.29, 0.717) is 44.1 Å². The van der Waals surface area contributed by atoms with E-state index in [9.17, 15) is 47.4 Å². The highest BCUT2D eigenvalue weighted by molar-refractivity contribution is 6.39. The minimum atomic E-state index is -5.18. The third kappa shape index (κ3) is 13.0. The fraction of sp³-hybridized carbons (Fsp3) is 0.685. The Morgan fingerprint density at radius 3 is 2.17 bits per heavy atom. The molecule has 3 fully saturated rings. The van der Waals surface area contributed by atoms with Gasteiger partial charge in [0.15, 0.2) is 0 Å². The van der Waals surface area contributed by atoms with Gasteiger partial charge in [-0.3, -0.25) is 14.4 Å². The fourth-order valence-corrected chi connectivity index (χ4v) is 11.1. The average Bonchev–Trinajstić information content (AvgIpc) is 3.34. The Bertz CT molecular complexity index is 2120. The number of nitrogens with zero attached hydrogens (tertiary/aromatic N) is 1. The van der Waals surface area contributed by atoms with Crippen LogP contribution in [0.2, 0.25) is 0 Å². The molecule has 1 aromatic rings. The van der Waals surface area contributed by atoms with Gasteiger partial charge in [0.05, 0.1) is 24.4 Å². The molecule has 15 unspecified atom stereocenters. The molecule has 2 N–H and O–H groups in total. The van der Waals surface area contributed by atoms with Crippen LogP contribution in [-0.2, 0) is 62.7 Å². The van der Waals surface area contributed by atoms with Crippen molar-refractivity contribution in [1.82, 2.24) is 4.90 Å². The van der Waals surface area contributed by atoms with Gasteiger partial charge < -0.3 is 48.3 Å². The van der Waals surface area contributed by atoms with E-state index in [-0.39, 0.29) is 56.3 Å². The Balaban J connectivity index is 1.49. The second kappa shape index (κ2) is 25.3. The Hall–Kier alpha value is -4.30. The number of methoxy groups -OCH3 is 4. The van der Waals surface area contributed by atoms with Crippen molar-refractivity contribution < 1.29 is 80.5 Å². The molecule has 1 aliphatic carbocycles. The van der Waals surface area contributed by atoms with Crippen molar-refractivity contribution in [3.63, 3.8) is 0 Å². The number of fused-ring (bicyclic) bond motifs is 3. The first-order valence-electron chi connectivity index (χ1n) is 25.1. The molecular weight excluding hydrogens is 944 g/mol. The lowest BCUT2D eigenvalue weighted by molar-refractivity contribution is -0.302. The summed E-state index contributed by atoms with van der Waals surface area (Å²) in [6.07, 6.45) is -3.99. The number of aliphatic hydroxyl groups excluding tert-OH is 1. The van der Waals surface area contributed by atoms with Crippen molar-refractivity contribution in [2.45, 2.75) is 172 Å². The molecule has 3 heterocycles. The Labute approximate surface area is 421 Å². The summed E-state index contributed by atoms with van der Waals surface area (Å²) in [4.78, 5) is 72.2. The first-order chi connectivity index (χ1) is 34.0. The number of allylic oxidation sites excluding steroid dienone is 4. The van der Waals surface area contributed by atoms with E-state index < -0.39 is 113 Å². The van der Waals surface area contributed by atoms with E-state index in [1.165, 1.54) is 39.5 Å². The molecule has 72 heavy (non-hydrogen) atoms. The van der Waals surface area contributed by atoms with E-state index in [0.717, 1.165) is 29.7 Å². The fourth-order valence-electron chi connectivity index (χ4n) is 11.1. The van der Waals surface area contributed by atoms with Gasteiger partial charge in [-0.15, -0.1) is 6.58 Å². The van der Waals surface area contributed by atoms with Crippen LogP contribution in [0, 0.1) is 29.6 Å². The molecule has 2 bridgehead atoms. The Morgan fingerprint density at radius 2 is 1.56 bits per heavy atom. The topological polar surface area (TPSA) is 194 Å². The summed E-state index contributed by atoms with van der Waals surface area (Å²) in [5.74, 6) is -10.6. The van der Waals surface area contributed by atoms with Crippen LogP contribution in [-0.4, -0.2) is 140 Å². The quantitative estimate of drug-likeness (QED) is 0.127. The maximum Gasteiger partial charge on any atom is 0.432 e. The molecule has 1 saturated carbocycles. The number of carbonyl (C=O) groups excluding carboxylic acids is 5. The summed E-state index contributed by atoms with van der Waals surface area (Å²) >= 11 is 0. The second-order valence-corrected chi connectivity index (χ2v) is 20.4. The molecule has 0 aromatic heterocycles. The molecule has 2 saturated heterocycles. The number of amides is 1. The van der Waals surface area contributed by atoms with Gasteiger partial charge in [-0.1, -0.05) is 74.9 Å². The van der Waals surface area contributed by atoms with Crippen molar-refractivity contribution in [3.8, 4) is 0 Å². The monoisotopic (exact) mass is 1020 g/mol. The van der Waals surface area contributed by atoms with Crippen LogP contribution in [0.5, 0.6) is 0 Å². The third-order valence-corrected chi connectivity index (χ3v) is 15.3. The molecule has 5 rings (SSSR count). The number of cyclic esters (lactones) is 1. The number of hydrogen-bond acceptors (Lipinski definition) is 14. The summed E-state index contributed by atoms with van der Waals surface area (Å²) in [6, 6.07) is 5.22. The molecule has 18 heteroatoms. The van der Waals surface area contributed by atoms with Crippen LogP contribution < -0.4 is 0 Å². The number of halogens is 3. The van der Waals surface area contributed by atoms with Gasteiger partial charge in [-0.05, 0) is 95.5 Å². The number of aliphatic hydroxyl groups is 2. The number of rotatable bonds is 11. The predicted molar refractivity (Wildman–Crippen MR) is 258 cm³/mol. The van der Waals surface area contributed by atoms with Crippen LogP contribution in [0.3, 0.4) is 0 Å². The van der Waals surface area contributed by atoms with Gasteiger partial charge in [0.2, 0.25) is 5.79 Å². The lowest BCUT2D eigenvalue weighted by Crippen LogP contribution is -2.64. The van der Waals surface area contributed by atoms with Crippen LogP contribution in [0.25, 0.3) is 0 Å². The number of carbonyl (C=O) groups is 5. The summed E-state index contributed by atoms with van der Waals surface area (Å²) < 4.78 is 84.8. The third-order valence-electron chi connectivity index (χ3n) is 15.3. The maximum atomic E-state index is 14.8. The van der Waals surface area contributed by atoms with Crippen LogP contribution in [0.1, 0.15) is 111 Å². The molecule has 3 aliphatic heterocycles. The largest absolute Gasteiger partial charge is 0.457 e. The van der Waals surface area contributed by atoms with E-state index in [2.05, 4.69) is 6.58 Å². The number of benzene rings is 1. The SMILES string of the molecule is C=CCC1C=C(C)CC(C)CC(OC)C2OC(O)(C(=O)C(=O)N3CCCCC3C(=O)OC(C(C)=CC3CCC(OC(=O)C(OC)(c4ccccc4)C(F)(F)F)C(OC)C3)C(C)C(O)CC1=O)C(C)CC2OC. The smallest absolute Gasteiger partial charge is 0.432 e. The lowest BCUT2D eigenvalue weighted by Gasteiger charge is -2.47. The number of piperidine rings is 1. The maximum absolute atomic E-state index is 14.8. The molecule has 1 aromatic carbocycles. The van der Waals surface area contributed by atoms with Crippen molar-refractivity contribution in [2.75, 3.05) is 35.0 Å². The number of alkyl halides is 3. The summed E-state index contributed by atoms with van der Waals surface area (Å²) in [7, 11) is 5.13. The summed E-state index contributed by atoms with van der Waals surface area (Å²) in [5.41, 5.74) is -2.51. The summed E-state index contributed by atoms with van der Waals surface area (Å²) in [5, 5.41) is 24.0. The van der Waals surface area contributed by atoms with Crippen molar-refractivity contribution in [2.24, 2.45) is 29.6 Å². The lowest BCUT2D eigenvalue weighted by atomic mass is 9.81. The van der Waals surface area contributed by atoms with Crippen LogP contribution in [0.4, 0.5) is 13.2 Å². The van der Waals surface area contributed by atoms with Crippen LogP contribution in [0.15, 0.2) is 66.3 Å². The number of ether oxygens (including phenoxy) is 7. The average molecular weight is 1020 g/mol. The highest BCUT2D eigenvalue weighted by Crippen LogP contribution is 2.45. The van der Waals surface area contributed by atoms with Gasteiger partial charge in [-0.2, -0.15) is 13.2 Å². The summed E-state index contributed by atoms with van der Waals surface area (Å²) in [6.45, 7) is 12.7. The Kier molecular flexibility index (Phi) is 20.6. The van der Waals surface area contributed by atoms with Crippen molar-refractivity contribution in [1.29, 1.82) is 0 Å². The zero-order valence-corrected chi connectivity index (χ0v) is 43.2. The first-order valence-corrected chi connectivity index (χ1v) is 25.1. The van der Waals surface area contributed by atoms with Gasteiger partial charge in [0.1, 0.15) is 30.1 Å². The minimum absolute atomic E-state index is 0.00755. The van der Waals surface area contributed by atoms with Gasteiger partial charge in [0, 0.05) is 64.7 Å². The predicted octanol–water partition coefficient (Wildman–Crippen LogP) is 7.29. The van der Waals surface area contributed by atoms with Crippen molar-refractivity contribution >= 4 is 29.4 Å². The number of esters is 2. The van der Waals surface area contributed by atoms with E-state index in [1.807, 2.05) is 26.0 Å². The highest BCUT2D eigenvalue weighted by Gasteiger charge is 2.65. The van der Waals surface area contributed by atoms with Gasteiger partial charge >= 0.3 is 18.1 Å². The minimum Gasteiger partial charge on any atom is -0.457 e. The zero-order chi connectivity index (χ0) is 53.3. The first kappa shape index (κ1) is 58.6. The molecule has 1 amide bonds. The van der Waals surface area contributed by atoms with E-state index in [1.54, 1.807) is 26.8 Å². The molecule has 15 atom stereocenters. The van der Waals surface area contributed by atoms with E-state index in [4.69, 9.17) is 33.2 Å². The zero-order valence-electron chi connectivity index (χ0n) is 43.2. The molecule has 402 valence electrons. The van der Waals surface area contributed by atoms with Gasteiger partial charge in [-0.25, -0.2) is 9.59 Å². The van der Waals surface area contributed by atoms with Gasteiger partial charge in [0.25, 0.3) is 17.3 Å². The van der Waals surface area contributed by atoms with Crippen molar-refractivity contribution in [3.05, 3.63) is 71.8 Å². The second-order valence-electron chi connectivity index (χ2n) is 20.4. The molecule has 0 spiro atoms. The number of ketones is 2. The molecular formula is C54H76F3NO14. The Morgan fingerprint density at radius 1 is 0.903 bits per heavy atom. The number of Topliss-reactive ketones (excluding diaryl/α,β-unsaturated/α-hetero) is 2. The van der Waals surface area contributed by atoms with E-state index >= 15 is 0 Å². The normalized spacial score (nSPS) is 35.2. The van der Waals surface area contributed by atoms with Crippen LogP contribution >= 0.6 is 0 Å². The molecule has 0 radical (unpaired) electrons. The standard InChI is InChI=1S/C54H76F3NO14/c1-11-17-37-25-31(2)24-32(3)26-44(67-8)47-45(68-9)28-34(5)53(65,72-47)48(61)49(62)58-23-16-15-20-39(58)50(63)71-46(35(6)40(59)30-41(37)60)33(4)27-36-21-22-42(43(29-36)66-7)70-51(64)52(69-10,54(55,56)57)38-18-13-12-14-19-38/h11-14,18-19,25,27,32,34-37,39-40,42-47,59,65H,1,15-17,20-24,26,28-30H2,2-10H3. The highest BCUT2D eigenvalue weighted by atomic mass is 19.4. The number of hydrogen-bond donors (Lipinski definition) is 2.